The number of benzene rings is 1. The van der Waals surface area contributed by atoms with Crippen molar-refractivity contribution >= 4 is 0 Å². The average molecular weight is 283 g/mol. The number of fused-ring (bicyclic) bond motifs is 5. The van der Waals surface area contributed by atoms with E-state index in [-0.39, 0.29) is 11.0 Å². The maximum atomic E-state index is 6.98. The highest BCUT2D eigenvalue weighted by atomic mass is 14.8. The first-order valence-corrected chi connectivity index (χ1v) is 8.79. The van der Waals surface area contributed by atoms with E-state index in [1.165, 1.54) is 43.2 Å². The van der Waals surface area contributed by atoms with Crippen molar-refractivity contribution in [3.8, 4) is 0 Å². The van der Waals surface area contributed by atoms with Crippen LogP contribution in [0.25, 0.3) is 0 Å². The van der Waals surface area contributed by atoms with Crippen LogP contribution in [-0.2, 0) is 11.0 Å². The van der Waals surface area contributed by atoms with Crippen LogP contribution in [0, 0.1) is 23.7 Å². The lowest BCUT2D eigenvalue weighted by atomic mass is 9.68. The van der Waals surface area contributed by atoms with Crippen molar-refractivity contribution in [1.82, 2.24) is 0 Å². The quantitative estimate of drug-likeness (QED) is 0.801. The zero-order valence-corrected chi connectivity index (χ0v) is 13.7. The first-order valence-electron chi connectivity index (χ1n) is 8.79. The summed E-state index contributed by atoms with van der Waals surface area (Å²) in [6.45, 7) is 6.84. The molecule has 0 spiro atoms. The molecule has 0 aliphatic heterocycles. The summed E-state index contributed by atoms with van der Waals surface area (Å²) >= 11 is 0. The number of nitrogens with two attached hydrogens (primary N) is 1. The van der Waals surface area contributed by atoms with Crippen molar-refractivity contribution in [3.63, 3.8) is 0 Å². The van der Waals surface area contributed by atoms with Crippen molar-refractivity contribution in [2.45, 2.75) is 63.8 Å². The fourth-order valence-corrected chi connectivity index (χ4v) is 5.80. The second kappa shape index (κ2) is 4.35. The van der Waals surface area contributed by atoms with Gasteiger partial charge in [0.1, 0.15) is 0 Å². The molecule has 5 unspecified atom stereocenters. The third-order valence-corrected chi connectivity index (χ3v) is 6.85. The van der Waals surface area contributed by atoms with E-state index in [1.54, 1.807) is 0 Å². The molecule has 2 N–H and O–H groups in total. The lowest BCUT2D eigenvalue weighted by molar-refractivity contribution is 0.156. The number of hydrogen-bond acceptors (Lipinski definition) is 1. The van der Waals surface area contributed by atoms with Gasteiger partial charge < -0.3 is 5.73 Å². The molecule has 4 rings (SSSR count). The second-order valence-electron chi connectivity index (χ2n) is 8.93. The third-order valence-electron chi connectivity index (χ3n) is 6.85. The van der Waals surface area contributed by atoms with Crippen LogP contribution in [-0.4, -0.2) is 0 Å². The van der Waals surface area contributed by atoms with Gasteiger partial charge in [0, 0.05) is 5.54 Å². The maximum absolute atomic E-state index is 6.98. The molecule has 21 heavy (non-hydrogen) atoms. The highest BCUT2D eigenvalue weighted by molar-refractivity contribution is 5.34. The highest BCUT2D eigenvalue weighted by Gasteiger charge is 2.59. The highest BCUT2D eigenvalue weighted by Crippen LogP contribution is 2.64. The van der Waals surface area contributed by atoms with Crippen molar-refractivity contribution in [2.75, 3.05) is 0 Å². The van der Waals surface area contributed by atoms with E-state index < -0.39 is 0 Å². The molecule has 1 aromatic rings. The van der Waals surface area contributed by atoms with Gasteiger partial charge in [-0.05, 0) is 65.9 Å². The molecule has 1 heteroatoms. The monoisotopic (exact) mass is 283 g/mol. The summed E-state index contributed by atoms with van der Waals surface area (Å²) in [5.74, 6) is 3.60. The van der Waals surface area contributed by atoms with Crippen molar-refractivity contribution in [1.29, 1.82) is 0 Å². The maximum Gasteiger partial charge on any atom is 0.0443 e. The SMILES string of the molecule is CC(C)(C)c1ccc(C2(N)CC3CC2C2CCCC32)cc1. The summed E-state index contributed by atoms with van der Waals surface area (Å²) in [4.78, 5) is 0. The average Bonchev–Trinajstić information content (AvgIpc) is 3.09. The molecule has 1 aromatic carbocycles. The van der Waals surface area contributed by atoms with Gasteiger partial charge in [0.25, 0.3) is 0 Å². The summed E-state index contributed by atoms with van der Waals surface area (Å²) in [7, 11) is 0. The van der Waals surface area contributed by atoms with Crippen LogP contribution in [0.15, 0.2) is 24.3 Å². The normalized spacial score (nSPS) is 41.5. The molecule has 0 saturated heterocycles. The summed E-state index contributed by atoms with van der Waals surface area (Å²) in [5.41, 5.74) is 9.98. The van der Waals surface area contributed by atoms with Gasteiger partial charge in [-0.3, -0.25) is 0 Å². The Morgan fingerprint density at radius 1 is 1.05 bits per heavy atom. The van der Waals surface area contributed by atoms with Gasteiger partial charge in [-0.25, -0.2) is 0 Å². The van der Waals surface area contributed by atoms with Gasteiger partial charge in [0.05, 0.1) is 0 Å². The van der Waals surface area contributed by atoms with Crippen LogP contribution < -0.4 is 5.73 Å². The van der Waals surface area contributed by atoms with Gasteiger partial charge in [-0.2, -0.15) is 0 Å². The van der Waals surface area contributed by atoms with Crippen LogP contribution in [0.2, 0.25) is 0 Å². The van der Waals surface area contributed by atoms with Crippen molar-refractivity contribution in [2.24, 2.45) is 29.4 Å². The second-order valence-corrected chi connectivity index (χ2v) is 8.93. The Morgan fingerprint density at radius 3 is 2.38 bits per heavy atom. The summed E-state index contributed by atoms with van der Waals surface area (Å²) < 4.78 is 0. The summed E-state index contributed by atoms with van der Waals surface area (Å²) in [5, 5.41) is 0. The smallest absolute Gasteiger partial charge is 0.0443 e. The number of rotatable bonds is 1. The largest absolute Gasteiger partial charge is 0.321 e. The van der Waals surface area contributed by atoms with Crippen LogP contribution in [0.4, 0.5) is 0 Å². The lowest BCUT2D eigenvalue weighted by Crippen LogP contribution is -2.46. The Bertz CT molecular complexity index is 538. The molecular formula is C20H29N. The lowest BCUT2D eigenvalue weighted by Gasteiger charge is -2.41. The fourth-order valence-electron chi connectivity index (χ4n) is 5.80. The molecule has 3 fully saturated rings. The van der Waals surface area contributed by atoms with E-state index in [1.807, 2.05) is 0 Å². The third kappa shape index (κ3) is 1.93. The van der Waals surface area contributed by atoms with Crippen LogP contribution in [0.3, 0.4) is 0 Å². The van der Waals surface area contributed by atoms with E-state index in [2.05, 4.69) is 45.0 Å². The molecule has 1 nitrogen and oxygen atoms in total. The summed E-state index contributed by atoms with van der Waals surface area (Å²) in [6, 6.07) is 9.26. The van der Waals surface area contributed by atoms with Gasteiger partial charge in [-0.1, -0.05) is 51.5 Å². The molecule has 0 aromatic heterocycles. The molecule has 0 amide bonds. The first-order chi connectivity index (χ1) is 9.89. The Labute approximate surface area is 129 Å². The molecule has 0 heterocycles. The Kier molecular flexibility index (Phi) is 2.86. The van der Waals surface area contributed by atoms with Gasteiger partial charge in [-0.15, -0.1) is 0 Å². The van der Waals surface area contributed by atoms with E-state index in [0.717, 1.165) is 23.7 Å². The topological polar surface area (TPSA) is 26.0 Å². The predicted octanol–water partition coefficient (Wildman–Crippen LogP) is 4.59. The molecule has 114 valence electrons. The molecule has 0 radical (unpaired) electrons. The van der Waals surface area contributed by atoms with Gasteiger partial charge >= 0.3 is 0 Å². The molecule has 3 aliphatic carbocycles. The molecular weight excluding hydrogens is 254 g/mol. The Hall–Kier alpha value is -0.820. The molecule has 3 aliphatic rings. The fraction of sp³-hybridized carbons (Fsp3) is 0.700. The van der Waals surface area contributed by atoms with E-state index in [9.17, 15) is 0 Å². The van der Waals surface area contributed by atoms with E-state index >= 15 is 0 Å². The molecule has 2 bridgehead atoms. The van der Waals surface area contributed by atoms with Gasteiger partial charge in [0.15, 0.2) is 0 Å². The Morgan fingerprint density at radius 2 is 1.71 bits per heavy atom. The number of hydrogen-bond donors (Lipinski definition) is 1. The molecule has 5 atom stereocenters. The minimum absolute atomic E-state index is 0.0351. The van der Waals surface area contributed by atoms with Crippen molar-refractivity contribution < 1.29 is 0 Å². The zero-order valence-electron chi connectivity index (χ0n) is 13.7. The minimum atomic E-state index is -0.0351. The summed E-state index contributed by atoms with van der Waals surface area (Å²) in [6.07, 6.45) is 6.98. The van der Waals surface area contributed by atoms with E-state index in [0.29, 0.717) is 0 Å². The van der Waals surface area contributed by atoms with Crippen LogP contribution in [0.1, 0.15) is 64.0 Å². The Balaban J connectivity index is 1.65. The molecule has 3 saturated carbocycles. The zero-order chi connectivity index (χ0) is 14.8. The standard InChI is InChI=1S/C20H29N/c1-19(2,3)14-7-9-15(10-8-14)20(21)12-13-11-18(20)17-6-4-5-16(13)17/h7-10,13,16-18H,4-6,11-12,21H2,1-3H3. The minimum Gasteiger partial charge on any atom is -0.321 e. The first kappa shape index (κ1) is 13.8. The van der Waals surface area contributed by atoms with Gasteiger partial charge in [0.2, 0.25) is 0 Å². The van der Waals surface area contributed by atoms with Crippen LogP contribution >= 0.6 is 0 Å². The van der Waals surface area contributed by atoms with Crippen molar-refractivity contribution in [3.05, 3.63) is 35.4 Å². The predicted molar refractivity (Wildman–Crippen MR) is 88.1 cm³/mol. The van der Waals surface area contributed by atoms with E-state index in [4.69, 9.17) is 5.73 Å². The van der Waals surface area contributed by atoms with Crippen LogP contribution in [0.5, 0.6) is 0 Å².